The van der Waals surface area contributed by atoms with Crippen molar-refractivity contribution in [1.29, 1.82) is 0 Å². The van der Waals surface area contributed by atoms with E-state index in [0.29, 0.717) is 0 Å². The molecule has 2 aromatic rings. The first-order valence-electron chi connectivity index (χ1n) is 6.95. The molecular weight excluding hydrogens is 341 g/mol. The maximum atomic E-state index is 12.3. The second-order valence-electron chi connectivity index (χ2n) is 4.92. The van der Waals surface area contributed by atoms with Crippen molar-refractivity contribution >= 4 is 11.9 Å². The molecule has 5 nitrogen and oxygen atoms in total. The van der Waals surface area contributed by atoms with Crippen LogP contribution in [0.15, 0.2) is 48.5 Å². The van der Waals surface area contributed by atoms with Crippen LogP contribution in [0.5, 0.6) is 0 Å². The molecule has 8 heteroatoms. The van der Waals surface area contributed by atoms with Gasteiger partial charge in [0.15, 0.2) is 0 Å². The van der Waals surface area contributed by atoms with Crippen molar-refractivity contribution in [3.05, 3.63) is 70.8 Å². The van der Waals surface area contributed by atoms with Gasteiger partial charge in [0.05, 0.1) is 22.8 Å². The third-order valence-electron chi connectivity index (χ3n) is 3.10. The summed E-state index contributed by atoms with van der Waals surface area (Å²) in [7, 11) is 0. The van der Waals surface area contributed by atoms with E-state index in [1.807, 2.05) is 0 Å². The maximum Gasteiger partial charge on any atom is 0.416 e. The smallest absolute Gasteiger partial charge is 0.416 e. The van der Waals surface area contributed by atoms with Crippen molar-refractivity contribution in [3.8, 4) is 0 Å². The van der Waals surface area contributed by atoms with Gasteiger partial charge in [0, 0.05) is 0 Å². The zero-order valence-electron chi connectivity index (χ0n) is 13.0. The topological polar surface area (TPSA) is 94.8 Å². The quantitative estimate of drug-likeness (QED) is 0.777. The first-order valence-corrected chi connectivity index (χ1v) is 6.95. The fourth-order valence-electron chi connectivity index (χ4n) is 1.98. The van der Waals surface area contributed by atoms with Crippen molar-refractivity contribution in [2.24, 2.45) is 0 Å². The molecule has 0 saturated carbocycles. The monoisotopic (exact) mass is 356 g/mol. The minimum absolute atomic E-state index is 0.0880. The molecular formula is C17H15F3O5. The van der Waals surface area contributed by atoms with Crippen LogP contribution >= 0.6 is 0 Å². The Kier molecular flexibility index (Phi) is 6.69. The lowest BCUT2D eigenvalue weighted by Crippen LogP contribution is -2.10. The third-order valence-corrected chi connectivity index (χ3v) is 3.10. The molecule has 1 atom stereocenters. The molecule has 1 unspecified atom stereocenters. The summed E-state index contributed by atoms with van der Waals surface area (Å²) in [5.74, 6) is -2.46. The number of carbonyl (C=O) groups is 2. The van der Waals surface area contributed by atoms with Crippen LogP contribution in [-0.4, -0.2) is 27.3 Å². The fraction of sp³-hybridized carbons (Fsp3) is 0.176. The molecule has 0 heterocycles. The molecule has 0 aliphatic rings. The van der Waals surface area contributed by atoms with E-state index < -0.39 is 29.8 Å². The maximum absolute atomic E-state index is 12.3. The molecule has 25 heavy (non-hydrogen) atoms. The Morgan fingerprint density at radius 2 is 1.28 bits per heavy atom. The number of carboxylic acids is 2. The van der Waals surface area contributed by atoms with Crippen molar-refractivity contribution in [3.63, 3.8) is 0 Å². The molecule has 0 fully saturated rings. The summed E-state index contributed by atoms with van der Waals surface area (Å²) >= 11 is 0. The van der Waals surface area contributed by atoms with Gasteiger partial charge in [-0.15, -0.1) is 0 Å². The number of aliphatic hydroxyl groups excluding tert-OH is 1. The Morgan fingerprint density at radius 3 is 1.60 bits per heavy atom. The van der Waals surface area contributed by atoms with Crippen LogP contribution in [0.3, 0.4) is 0 Å². The highest BCUT2D eigenvalue weighted by Gasteiger charge is 2.33. The lowest BCUT2D eigenvalue weighted by molar-refractivity contribution is -0.139. The number of carboxylic acid groups (broad SMARTS) is 2. The zero-order valence-corrected chi connectivity index (χ0v) is 13.0. The number of rotatable bonds is 3. The van der Waals surface area contributed by atoms with Gasteiger partial charge in [-0.3, -0.25) is 0 Å². The molecule has 0 radical (unpaired) electrons. The molecule has 0 amide bonds. The van der Waals surface area contributed by atoms with Gasteiger partial charge in [-0.2, -0.15) is 13.2 Å². The second-order valence-corrected chi connectivity index (χ2v) is 4.92. The highest BCUT2D eigenvalue weighted by molar-refractivity contribution is 6.01. The van der Waals surface area contributed by atoms with Gasteiger partial charge in [-0.1, -0.05) is 30.3 Å². The van der Waals surface area contributed by atoms with Crippen molar-refractivity contribution in [2.45, 2.75) is 19.2 Å². The molecule has 2 rings (SSSR count). The number of hydrogen-bond acceptors (Lipinski definition) is 3. The molecule has 0 aliphatic heterocycles. The first kappa shape index (κ1) is 20.2. The average Bonchev–Trinajstić information content (AvgIpc) is 2.54. The predicted molar refractivity (Wildman–Crippen MR) is 82.4 cm³/mol. The Morgan fingerprint density at radius 1 is 0.880 bits per heavy atom. The normalized spacial score (nSPS) is 11.9. The van der Waals surface area contributed by atoms with E-state index >= 15 is 0 Å². The predicted octanol–water partition coefficient (Wildman–Crippen LogP) is 3.84. The summed E-state index contributed by atoms with van der Waals surface area (Å²) in [5, 5.41) is 26.2. The minimum atomic E-state index is -4.40. The van der Waals surface area contributed by atoms with Crippen LogP contribution in [0.2, 0.25) is 0 Å². The zero-order chi connectivity index (χ0) is 19.2. The summed E-state index contributed by atoms with van der Waals surface area (Å²) in [6, 6.07) is 10.5. The number of aromatic carboxylic acids is 2. The Bertz CT molecular complexity index is 721. The van der Waals surface area contributed by atoms with E-state index in [0.717, 1.165) is 6.07 Å². The van der Waals surface area contributed by atoms with E-state index in [2.05, 4.69) is 0 Å². The highest BCUT2D eigenvalue weighted by atomic mass is 19.4. The molecule has 0 bridgehead atoms. The lowest BCUT2D eigenvalue weighted by atomic mass is 10.0. The number of aliphatic hydroxyl groups is 1. The molecule has 3 N–H and O–H groups in total. The number of benzene rings is 2. The molecule has 2 aromatic carbocycles. The summed E-state index contributed by atoms with van der Waals surface area (Å²) < 4.78 is 36.9. The molecule has 0 saturated heterocycles. The van der Waals surface area contributed by atoms with Gasteiger partial charge in [-0.25, -0.2) is 9.59 Å². The lowest BCUT2D eigenvalue weighted by Gasteiger charge is -2.13. The summed E-state index contributed by atoms with van der Waals surface area (Å²) in [5.41, 5.74) is -1.24. The van der Waals surface area contributed by atoms with Crippen LogP contribution in [0.4, 0.5) is 13.2 Å². The minimum Gasteiger partial charge on any atom is -0.478 e. The van der Waals surface area contributed by atoms with Gasteiger partial charge < -0.3 is 15.3 Å². The number of alkyl halides is 3. The molecule has 0 spiro atoms. The highest BCUT2D eigenvalue weighted by Crippen LogP contribution is 2.34. The van der Waals surface area contributed by atoms with Gasteiger partial charge in [-0.05, 0) is 30.7 Å². The van der Waals surface area contributed by atoms with E-state index in [1.54, 1.807) is 0 Å². The molecule has 0 aliphatic carbocycles. The van der Waals surface area contributed by atoms with Crippen molar-refractivity contribution in [1.82, 2.24) is 0 Å². The van der Waals surface area contributed by atoms with E-state index in [4.69, 9.17) is 15.3 Å². The fourth-order valence-corrected chi connectivity index (χ4v) is 1.98. The van der Waals surface area contributed by atoms with Crippen molar-refractivity contribution in [2.75, 3.05) is 0 Å². The SMILES string of the molecule is CC(O)c1ccccc1C(F)(F)F.O=C(O)c1ccccc1C(=O)O. The molecule has 0 aromatic heterocycles. The third kappa shape index (κ3) is 5.61. The average molecular weight is 356 g/mol. The summed E-state index contributed by atoms with van der Waals surface area (Å²) in [6.07, 6.45) is -5.49. The van der Waals surface area contributed by atoms with Crippen LogP contribution in [0.25, 0.3) is 0 Å². The Balaban J connectivity index is 0.000000251. The van der Waals surface area contributed by atoms with Gasteiger partial charge in [0.25, 0.3) is 0 Å². The van der Waals surface area contributed by atoms with E-state index in [-0.39, 0.29) is 16.7 Å². The van der Waals surface area contributed by atoms with Gasteiger partial charge >= 0.3 is 18.1 Å². The Labute approximate surface area is 141 Å². The standard InChI is InChI=1S/C9H9F3O.C8H6O4/c1-6(13)7-4-2-3-5-8(7)9(10,11)12;9-7(10)5-3-1-2-4-6(5)8(11)12/h2-6,13H,1H3;1-4H,(H,9,10)(H,11,12). The van der Waals surface area contributed by atoms with Crippen molar-refractivity contribution < 1.29 is 38.1 Å². The summed E-state index contributed by atoms with van der Waals surface area (Å²) in [4.78, 5) is 20.9. The number of hydrogen-bond donors (Lipinski definition) is 3. The van der Waals surface area contributed by atoms with Crippen LogP contribution in [-0.2, 0) is 6.18 Å². The van der Waals surface area contributed by atoms with Crippen LogP contribution in [0, 0.1) is 0 Å². The number of halogens is 3. The largest absolute Gasteiger partial charge is 0.478 e. The summed E-state index contributed by atoms with van der Waals surface area (Å²) in [6.45, 7) is 1.31. The van der Waals surface area contributed by atoms with E-state index in [9.17, 15) is 22.8 Å². The second kappa shape index (κ2) is 8.29. The Hall–Kier alpha value is -2.87. The van der Waals surface area contributed by atoms with Gasteiger partial charge in [0.2, 0.25) is 0 Å². The van der Waals surface area contributed by atoms with Gasteiger partial charge in [0.1, 0.15) is 0 Å². The molecule has 134 valence electrons. The van der Waals surface area contributed by atoms with Crippen LogP contribution in [0.1, 0.15) is 44.9 Å². The first-order chi connectivity index (χ1) is 11.6. The van der Waals surface area contributed by atoms with E-state index in [1.165, 1.54) is 49.4 Å². The van der Waals surface area contributed by atoms with Crippen LogP contribution < -0.4 is 0 Å².